The summed E-state index contributed by atoms with van der Waals surface area (Å²) in [6.07, 6.45) is 0. The van der Waals surface area contributed by atoms with Gasteiger partial charge in [0.25, 0.3) is 5.91 Å². The number of alkyl halides is 1. The van der Waals surface area contributed by atoms with Crippen LogP contribution in [-0.4, -0.2) is 11.4 Å². The van der Waals surface area contributed by atoms with Gasteiger partial charge in [0.1, 0.15) is 0 Å². The van der Waals surface area contributed by atoms with Gasteiger partial charge in [-0.15, -0.1) is 0 Å². The number of hydrogen-bond donors (Lipinski definition) is 1. The number of aryl methyl sites for hydroxylation is 1. The van der Waals surface area contributed by atoms with E-state index in [-0.39, 0.29) is 5.91 Å². The van der Waals surface area contributed by atoms with E-state index in [0.717, 1.165) is 11.1 Å². The molecule has 0 saturated heterocycles. The van der Waals surface area contributed by atoms with Gasteiger partial charge in [0.15, 0.2) is 0 Å². The van der Waals surface area contributed by atoms with E-state index in [1.54, 1.807) is 0 Å². The maximum atomic E-state index is 11.3. The third kappa shape index (κ3) is 2.08. The second kappa shape index (κ2) is 4.26. The summed E-state index contributed by atoms with van der Waals surface area (Å²) in [5, 5.41) is 2.68. The molecule has 0 aromatic heterocycles. The van der Waals surface area contributed by atoms with Crippen molar-refractivity contribution in [3.63, 3.8) is 0 Å². The summed E-state index contributed by atoms with van der Waals surface area (Å²) in [5.41, 5.74) is 2.22. The minimum Gasteiger partial charge on any atom is -0.342 e. The highest BCUT2D eigenvalue weighted by Crippen LogP contribution is 2.06. The topological polar surface area (TPSA) is 29.1 Å². The fourth-order valence-electron chi connectivity index (χ4n) is 0.984. The number of hydrogen-bond acceptors (Lipinski definition) is 1. The van der Waals surface area contributed by atoms with Crippen LogP contribution in [0.1, 0.15) is 15.9 Å². The molecule has 0 radical (unpaired) electrons. The normalized spacial score (nSPS) is 9.50. The van der Waals surface area contributed by atoms with Crippen LogP contribution in [0.4, 0.5) is 0 Å². The van der Waals surface area contributed by atoms with Gasteiger partial charge in [0.2, 0.25) is 0 Å². The number of benzene rings is 1. The van der Waals surface area contributed by atoms with Gasteiger partial charge < -0.3 is 5.32 Å². The fourth-order valence-corrected chi connectivity index (χ4v) is 1.24. The minimum atomic E-state index is -0.0371. The summed E-state index contributed by atoms with van der Waals surface area (Å²) in [6.45, 7) is 1.92. The van der Waals surface area contributed by atoms with Gasteiger partial charge in [-0.3, -0.25) is 4.79 Å². The second-order valence-electron chi connectivity index (χ2n) is 2.45. The second-order valence-corrected chi connectivity index (χ2v) is 3.02. The summed E-state index contributed by atoms with van der Waals surface area (Å²) >= 11 is 3.14. The number of rotatable bonds is 2. The Kier molecular flexibility index (Phi) is 3.29. The molecule has 3 heteroatoms. The zero-order chi connectivity index (χ0) is 8.97. The summed E-state index contributed by atoms with van der Waals surface area (Å²) in [7, 11) is 0. The number of carbonyl (C=O) groups is 1. The Hall–Kier alpha value is -0.830. The van der Waals surface area contributed by atoms with Gasteiger partial charge >= 0.3 is 0 Å². The van der Waals surface area contributed by atoms with Gasteiger partial charge in [-0.05, 0) is 18.6 Å². The Morgan fingerprint density at radius 1 is 1.50 bits per heavy atom. The lowest BCUT2D eigenvalue weighted by Crippen LogP contribution is -2.22. The van der Waals surface area contributed by atoms with Crippen molar-refractivity contribution in [3.05, 3.63) is 35.4 Å². The maximum Gasteiger partial charge on any atom is 0.252 e. The molecule has 2 nitrogen and oxygen atoms in total. The van der Waals surface area contributed by atoms with Gasteiger partial charge in [-0.1, -0.05) is 34.1 Å². The zero-order valence-corrected chi connectivity index (χ0v) is 8.39. The van der Waals surface area contributed by atoms with Crippen molar-refractivity contribution in [1.29, 1.82) is 0 Å². The van der Waals surface area contributed by atoms with Crippen LogP contribution in [0.15, 0.2) is 24.3 Å². The highest BCUT2D eigenvalue weighted by molar-refractivity contribution is 9.09. The maximum absolute atomic E-state index is 11.3. The van der Waals surface area contributed by atoms with Crippen molar-refractivity contribution in [3.8, 4) is 0 Å². The van der Waals surface area contributed by atoms with Gasteiger partial charge in [-0.2, -0.15) is 0 Å². The Labute approximate surface area is 80.1 Å². The molecular weight excluding hydrogens is 218 g/mol. The van der Waals surface area contributed by atoms with E-state index in [1.165, 1.54) is 0 Å². The van der Waals surface area contributed by atoms with E-state index in [4.69, 9.17) is 0 Å². The lowest BCUT2D eigenvalue weighted by Gasteiger charge is -2.03. The first-order valence-electron chi connectivity index (χ1n) is 3.65. The highest BCUT2D eigenvalue weighted by Gasteiger charge is 2.05. The van der Waals surface area contributed by atoms with Gasteiger partial charge in [-0.25, -0.2) is 0 Å². The molecule has 0 aliphatic carbocycles. The van der Waals surface area contributed by atoms with E-state index < -0.39 is 0 Å². The van der Waals surface area contributed by atoms with E-state index >= 15 is 0 Å². The molecule has 0 aliphatic heterocycles. The quantitative estimate of drug-likeness (QED) is 0.609. The Balaban J connectivity index is 2.87. The minimum absolute atomic E-state index is 0.0371. The molecule has 64 valence electrons. The van der Waals surface area contributed by atoms with Crippen molar-refractivity contribution in [2.75, 3.05) is 5.45 Å². The third-order valence-corrected chi connectivity index (χ3v) is 1.90. The lowest BCUT2D eigenvalue weighted by atomic mass is 10.1. The lowest BCUT2D eigenvalue weighted by molar-refractivity contribution is 0.0961. The molecule has 0 unspecified atom stereocenters. The molecule has 0 fully saturated rings. The molecule has 0 heterocycles. The Bertz CT molecular complexity index is 286. The molecular formula is C9H10BrNO. The van der Waals surface area contributed by atoms with Crippen molar-refractivity contribution >= 4 is 21.8 Å². The molecule has 1 rings (SSSR count). The summed E-state index contributed by atoms with van der Waals surface area (Å²) < 4.78 is 0. The first-order chi connectivity index (χ1) is 5.75. The van der Waals surface area contributed by atoms with Crippen molar-refractivity contribution in [1.82, 2.24) is 5.32 Å². The van der Waals surface area contributed by atoms with Gasteiger partial charge in [0, 0.05) is 5.56 Å². The predicted molar refractivity (Wildman–Crippen MR) is 52.4 cm³/mol. The molecule has 1 N–H and O–H groups in total. The van der Waals surface area contributed by atoms with Crippen LogP contribution in [0.3, 0.4) is 0 Å². The van der Waals surface area contributed by atoms with Crippen molar-refractivity contribution < 1.29 is 4.79 Å². The van der Waals surface area contributed by atoms with Crippen LogP contribution in [0.25, 0.3) is 0 Å². The summed E-state index contributed by atoms with van der Waals surface area (Å²) in [5.74, 6) is -0.0371. The molecule has 1 aromatic carbocycles. The smallest absolute Gasteiger partial charge is 0.252 e. The zero-order valence-electron chi connectivity index (χ0n) is 6.80. The molecule has 0 saturated carbocycles. The number of nitrogens with one attached hydrogen (secondary N) is 1. The molecule has 12 heavy (non-hydrogen) atoms. The van der Waals surface area contributed by atoms with E-state index in [2.05, 4.69) is 21.2 Å². The number of halogens is 1. The van der Waals surface area contributed by atoms with E-state index in [9.17, 15) is 4.79 Å². The fraction of sp³-hybridized carbons (Fsp3) is 0.222. The molecule has 0 spiro atoms. The molecule has 0 atom stereocenters. The number of amides is 1. The monoisotopic (exact) mass is 227 g/mol. The largest absolute Gasteiger partial charge is 0.342 e. The van der Waals surface area contributed by atoms with Crippen LogP contribution in [-0.2, 0) is 0 Å². The van der Waals surface area contributed by atoms with Crippen LogP contribution in [0.2, 0.25) is 0 Å². The Morgan fingerprint density at radius 2 is 2.17 bits per heavy atom. The van der Waals surface area contributed by atoms with Crippen LogP contribution >= 0.6 is 15.9 Å². The molecule has 1 amide bonds. The van der Waals surface area contributed by atoms with Crippen LogP contribution in [0, 0.1) is 6.92 Å². The van der Waals surface area contributed by atoms with Crippen molar-refractivity contribution in [2.45, 2.75) is 6.92 Å². The first-order valence-corrected chi connectivity index (χ1v) is 4.77. The average Bonchev–Trinajstić information content (AvgIpc) is 2.05. The molecule has 0 bridgehead atoms. The third-order valence-electron chi connectivity index (χ3n) is 1.62. The van der Waals surface area contributed by atoms with Crippen molar-refractivity contribution in [2.24, 2.45) is 0 Å². The molecule has 1 aromatic rings. The number of carbonyl (C=O) groups excluding carboxylic acids is 1. The van der Waals surface area contributed by atoms with Crippen LogP contribution < -0.4 is 5.32 Å². The summed E-state index contributed by atoms with van der Waals surface area (Å²) in [6, 6.07) is 7.51. The Morgan fingerprint density at radius 3 is 2.75 bits per heavy atom. The highest BCUT2D eigenvalue weighted by atomic mass is 79.9. The summed E-state index contributed by atoms with van der Waals surface area (Å²) in [4.78, 5) is 11.3. The predicted octanol–water partition coefficient (Wildman–Crippen LogP) is 2.08. The average molecular weight is 228 g/mol. The van der Waals surface area contributed by atoms with Gasteiger partial charge in [0.05, 0.1) is 5.45 Å². The van der Waals surface area contributed by atoms with E-state index in [0.29, 0.717) is 5.45 Å². The SMILES string of the molecule is Cc1ccccc1C(=O)NCBr. The van der Waals surface area contributed by atoms with Crippen LogP contribution in [0.5, 0.6) is 0 Å². The standard InChI is InChI=1S/C9H10BrNO/c1-7-4-2-3-5-8(7)9(12)11-6-10/h2-5H,6H2,1H3,(H,11,12). The first kappa shape index (κ1) is 9.26. The molecule has 0 aliphatic rings. The van der Waals surface area contributed by atoms with E-state index in [1.807, 2.05) is 31.2 Å².